The molecule has 0 saturated heterocycles. The Morgan fingerprint density at radius 2 is 1.71 bits per heavy atom. The van der Waals surface area contributed by atoms with Crippen LogP contribution in [0, 0.1) is 0 Å². The van der Waals surface area contributed by atoms with Crippen molar-refractivity contribution < 1.29 is 5.11 Å². The lowest BCUT2D eigenvalue weighted by Gasteiger charge is -2.11. The molecule has 0 spiro atoms. The summed E-state index contributed by atoms with van der Waals surface area (Å²) < 4.78 is 0. The molecule has 0 amide bonds. The maximum Gasteiger partial charge on any atom is 0.225 e. The molecule has 1 aromatic heterocycles. The van der Waals surface area contributed by atoms with Crippen LogP contribution in [0.2, 0.25) is 5.02 Å². The molecule has 0 saturated carbocycles. The standard InChI is InChI=1S/C17H17ClN4O.ClH/c18-13-7-5-12(6-8-13)11-20-17-21-15-4-2-1-3-14(15)16(22-17)19-9-10-23;/h1-8,23H,9-11H2,(H2,19,20,21,22);1H. The number of aliphatic hydroxyl groups excluding tert-OH is 1. The van der Waals surface area contributed by atoms with Crippen molar-refractivity contribution in [1.82, 2.24) is 9.97 Å². The Balaban J connectivity index is 0.00000208. The van der Waals surface area contributed by atoms with Crippen LogP contribution in [-0.2, 0) is 6.54 Å². The van der Waals surface area contributed by atoms with Crippen LogP contribution in [0.25, 0.3) is 10.9 Å². The van der Waals surface area contributed by atoms with Crippen molar-refractivity contribution in [2.75, 3.05) is 23.8 Å². The summed E-state index contributed by atoms with van der Waals surface area (Å²) in [5, 5.41) is 17.0. The molecule has 0 aliphatic carbocycles. The number of para-hydroxylation sites is 1. The number of benzene rings is 2. The molecule has 24 heavy (non-hydrogen) atoms. The third kappa shape index (κ3) is 4.47. The minimum Gasteiger partial charge on any atom is -0.395 e. The van der Waals surface area contributed by atoms with Crippen molar-refractivity contribution in [2.24, 2.45) is 0 Å². The second-order valence-corrected chi connectivity index (χ2v) is 5.48. The summed E-state index contributed by atoms with van der Waals surface area (Å²) in [6, 6.07) is 15.4. The lowest BCUT2D eigenvalue weighted by atomic mass is 10.2. The van der Waals surface area contributed by atoms with Crippen LogP contribution in [0.5, 0.6) is 0 Å². The van der Waals surface area contributed by atoms with E-state index in [0.717, 1.165) is 16.5 Å². The number of nitrogens with one attached hydrogen (secondary N) is 2. The summed E-state index contributed by atoms with van der Waals surface area (Å²) in [6.07, 6.45) is 0. The summed E-state index contributed by atoms with van der Waals surface area (Å²) in [7, 11) is 0. The van der Waals surface area contributed by atoms with Gasteiger partial charge in [0.2, 0.25) is 5.95 Å². The van der Waals surface area contributed by atoms with E-state index < -0.39 is 0 Å². The number of aliphatic hydroxyl groups is 1. The summed E-state index contributed by atoms with van der Waals surface area (Å²) in [6.45, 7) is 1.10. The van der Waals surface area contributed by atoms with Gasteiger partial charge in [-0.25, -0.2) is 4.98 Å². The average molecular weight is 365 g/mol. The summed E-state index contributed by atoms with van der Waals surface area (Å²) in [4.78, 5) is 9.03. The normalized spacial score (nSPS) is 10.2. The number of anilines is 2. The Labute approximate surface area is 151 Å². The molecule has 0 aliphatic heterocycles. The Kier molecular flexibility index (Phi) is 6.61. The fourth-order valence-corrected chi connectivity index (χ4v) is 2.37. The molecule has 0 unspecified atom stereocenters. The van der Waals surface area contributed by atoms with Crippen molar-refractivity contribution >= 4 is 46.7 Å². The summed E-state index contributed by atoms with van der Waals surface area (Å²) in [5.74, 6) is 1.25. The first kappa shape index (κ1) is 18.3. The fourth-order valence-electron chi connectivity index (χ4n) is 2.25. The third-order valence-corrected chi connectivity index (χ3v) is 3.62. The molecule has 1 heterocycles. The first-order chi connectivity index (χ1) is 11.3. The highest BCUT2D eigenvalue weighted by Crippen LogP contribution is 2.22. The number of hydrogen-bond donors (Lipinski definition) is 3. The highest BCUT2D eigenvalue weighted by atomic mass is 35.5. The summed E-state index contributed by atoms with van der Waals surface area (Å²) >= 11 is 5.89. The van der Waals surface area contributed by atoms with Gasteiger partial charge < -0.3 is 15.7 Å². The zero-order valence-corrected chi connectivity index (χ0v) is 14.4. The second-order valence-electron chi connectivity index (χ2n) is 5.04. The number of rotatable bonds is 6. The number of nitrogens with zero attached hydrogens (tertiary/aromatic N) is 2. The van der Waals surface area contributed by atoms with E-state index in [1.807, 2.05) is 48.5 Å². The van der Waals surface area contributed by atoms with E-state index in [2.05, 4.69) is 20.6 Å². The zero-order chi connectivity index (χ0) is 16.1. The molecule has 0 aliphatic rings. The lowest BCUT2D eigenvalue weighted by Crippen LogP contribution is -2.10. The maximum atomic E-state index is 9.01. The molecule has 0 atom stereocenters. The number of fused-ring (bicyclic) bond motifs is 1. The first-order valence-electron chi connectivity index (χ1n) is 7.36. The highest BCUT2D eigenvalue weighted by molar-refractivity contribution is 6.30. The van der Waals surface area contributed by atoms with Gasteiger partial charge in [-0.05, 0) is 29.8 Å². The molecule has 7 heteroatoms. The van der Waals surface area contributed by atoms with E-state index in [4.69, 9.17) is 16.7 Å². The van der Waals surface area contributed by atoms with Gasteiger partial charge in [0.05, 0.1) is 12.1 Å². The molecule has 2 aromatic carbocycles. The van der Waals surface area contributed by atoms with Crippen LogP contribution in [0.3, 0.4) is 0 Å². The predicted octanol–water partition coefficient (Wildman–Crippen LogP) is 3.72. The fraction of sp³-hybridized carbons (Fsp3) is 0.176. The van der Waals surface area contributed by atoms with Gasteiger partial charge in [0, 0.05) is 23.5 Å². The quantitative estimate of drug-likeness (QED) is 0.621. The van der Waals surface area contributed by atoms with Crippen LogP contribution in [0.4, 0.5) is 11.8 Å². The predicted molar refractivity (Wildman–Crippen MR) is 101 cm³/mol. The Hall–Kier alpha value is -2.08. The topological polar surface area (TPSA) is 70.1 Å². The van der Waals surface area contributed by atoms with E-state index in [1.54, 1.807) is 0 Å². The van der Waals surface area contributed by atoms with E-state index in [0.29, 0.717) is 29.9 Å². The monoisotopic (exact) mass is 364 g/mol. The number of halogens is 2. The van der Waals surface area contributed by atoms with Gasteiger partial charge in [0.1, 0.15) is 5.82 Å². The third-order valence-electron chi connectivity index (χ3n) is 3.37. The van der Waals surface area contributed by atoms with Crippen LogP contribution < -0.4 is 10.6 Å². The Morgan fingerprint density at radius 1 is 0.958 bits per heavy atom. The molecule has 5 nitrogen and oxygen atoms in total. The van der Waals surface area contributed by atoms with E-state index in [9.17, 15) is 0 Å². The number of aromatic nitrogens is 2. The molecule has 3 aromatic rings. The van der Waals surface area contributed by atoms with E-state index in [1.165, 1.54) is 0 Å². The Morgan fingerprint density at radius 3 is 2.46 bits per heavy atom. The molecule has 0 radical (unpaired) electrons. The van der Waals surface area contributed by atoms with E-state index in [-0.39, 0.29) is 19.0 Å². The molecule has 0 bridgehead atoms. The van der Waals surface area contributed by atoms with Crippen LogP contribution in [0.15, 0.2) is 48.5 Å². The van der Waals surface area contributed by atoms with Crippen molar-refractivity contribution in [3.8, 4) is 0 Å². The maximum absolute atomic E-state index is 9.01. The van der Waals surface area contributed by atoms with Crippen LogP contribution in [0.1, 0.15) is 5.56 Å². The minimum absolute atomic E-state index is 0. The van der Waals surface area contributed by atoms with Gasteiger partial charge in [-0.15, -0.1) is 12.4 Å². The SMILES string of the molecule is Cl.OCCNc1nc(NCc2ccc(Cl)cc2)nc2ccccc12. The van der Waals surface area contributed by atoms with Gasteiger partial charge in [-0.1, -0.05) is 35.9 Å². The van der Waals surface area contributed by atoms with Gasteiger partial charge in [0.15, 0.2) is 0 Å². The van der Waals surface area contributed by atoms with Gasteiger partial charge in [0.25, 0.3) is 0 Å². The van der Waals surface area contributed by atoms with Crippen molar-refractivity contribution in [1.29, 1.82) is 0 Å². The molecule has 3 rings (SSSR count). The van der Waals surface area contributed by atoms with Gasteiger partial charge in [-0.3, -0.25) is 0 Å². The van der Waals surface area contributed by atoms with Crippen LogP contribution >= 0.6 is 24.0 Å². The largest absolute Gasteiger partial charge is 0.395 e. The zero-order valence-electron chi connectivity index (χ0n) is 12.9. The lowest BCUT2D eigenvalue weighted by molar-refractivity contribution is 0.311. The first-order valence-corrected chi connectivity index (χ1v) is 7.74. The highest BCUT2D eigenvalue weighted by Gasteiger charge is 2.07. The van der Waals surface area contributed by atoms with Crippen molar-refractivity contribution in [3.05, 3.63) is 59.1 Å². The molecule has 0 fully saturated rings. The smallest absolute Gasteiger partial charge is 0.225 e. The average Bonchev–Trinajstić information content (AvgIpc) is 2.59. The molecule has 126 valence electrons. The van der Waals surface area contributed by atoms with Gasteiger partial charge in [-0.2, -0.15) is 4.98 Å². The molecule has 3 N–H and O–H groups in total. The molecular weight excluding hydrogens is 347 g/mol. The van der Waals surface area contributed by atoms with Crippen molar-refractivity contribution in [3.63, 3.8) is 0 Å². The molecular formula is C17H18Cl2N4O. The minimum atomic E-state index is 0. The summed E-state index contributed by atoms with van der Waals surface area (Å²) in [5.41, 5.74) is 1.94. The second kappa shape index (κ2) is 8.68. The Bertz CT molecular complexity index is 796. The number of hydrogen-bond acceptors (Lipinski definition) is 5. The van der Waals surface area contributed by atoms with Crippen LogP contribution in [-0.4, -0.2) is 28.2 Å². The van der Waals surface area contributed by atoms with E-state index >= 15 is 0 Å². The van der Waals surface area contributed by atoms with Gasteiger partial charge >= 0.3 is 0 Å². The van der Waals surface area contributed by atoms with Crippen molar-refractivity contribution in [2.45, 2.75) is 6.54 Å².